The lowest BCUT2D eigenvalue weighted by atomic mass is 9.77. The summed E-state index contributed by atoms with van der Waals surface area (Å²) in [6, 6.07) is 4.04. The lowest BCUT2D eigenvalue weighted by molar-refractivity contribution is -0.372. The summed E-state index contributed by atoms with van der Waals surface area (Å²) in [4.78, 5) is 147. The third-order valence-electron chi connectivity index (χ3n) is 22.4. The van der Waals surface area contributed by atoms with Crippen LogP contribution in [0.2, 0.25) is 0 Å². The Morgan fingerprint density at radius 1 is 0.701 bits per heavy atom. The van der Waals surface area contributed by atoms with E-state index >= 15 is 9.59 Å². The molecule has 8 amide bonds. The minimum absolute atomic E-state index is 0.00536. The number of fused-ring (bicyclic) bond motifs is 6. The van der Waals surface area contributed by atoms with Gasteiger partial charge in [0.15, 0.2) is 48.0 Å². The van der Waals surface area contributed by atoms with Crippen LogP contribution in [0.3, 0.4) is 0 Å². The molecule has 12 rings (SSSR count). The molecule has 3 fully saturated rings. The Hall–Kier alpha value is -11.7. The molecule has 0 aliphatic carbocycles. The first-order valence-electron chi connectivity index (χ1n) is 41.5. The molecule has 134 heavy (non-hydrogen) atoms. The Morgan fingerprint density at radius 2 is 1.36 bits per heavy atom. The number of anilines is 2. The highest BCUT2D eigenvalue weighted by atomic mass is 32.1. The van der Waals surface area contributed by atoms with Gasteiger partial charge in [-0.3, -0.25) is 33.6 Å². The van der Waals surface area contributed by atoms with Gasteiger partial charge in [0, 0.05) is 83.1 Å². The molecule has 1 spiro atoms. The Bertz CT molecular complexity index is 5370. The van der Waals surface area contributed by atoms with E-state index in [0.717, 1.165) is 49.0 Å². The van der Waals surface area contributed by atoms with Gasteiger partial charge in [-0.1, -0.05) is 6.07 Å². The third-order valence-corrected chi connectivity index (χ3v) is 24.4. The lowest BCUT2D eigenvalue weighted by Crippen LogP contribution is -2.65. The summed E-state index contributed by atoms with van der Waals surface area (Å²) in [7, 11) is 0. The quantitative estimate of drug-likeness (QED) is 0.00737. The van der Waals surface area contributed by atoms with E-state index in [-0.39, 0.29) is 72.9 Å². The van der Waals surface area contributed by atoms with Crippen LogP contribution in [0.15, 0.2) is 77.9 Å². The number of nitrogens with zero attached hydrogens (tertiary/aromatic N) is 5. The van der Waals surface area contributed by atoms with Gasteiger partial charge in [0.2, 0.25) is 29.5 Å². The van der Waals surface area contributed by atoms with Crippen molar-refractivity contribution in [1.29, 1.82) is 0 Å². The number of esters is 1. The molecule has 3 aromatic carbocycles. The highest BCUT2D eigenvalue weighted by molar-refractivity contribution is 7.80. The number of nitrogens with two attached hydrogens (primary N) is 6. The molecule has 0 saturated carbocycles. The zero-order valence-corrected chi connectivity index (χ0v) is 73.8. The number of primary amides is 3. The predicted octanol–water partition coefficient (Wildman–Crippen LogP) is -6.84. The number of thiocarbonyl (C=S) groups is 1. The van der Waals surface area contributed by atoms with Crippen LogP contribution < -0.4 is 81.7 Å². The molecule has 3 saturated heterocycles. The van der Waals surface area contributed by atoms with Crippen molar-refractivity contribution in [2.24, 2.45) is 28.7 Å². The number of imidazole rings is 1. The number of nitrogen functional groups attached to an aromatic ring is 1. The summed E-state index contributed by atoms with van der Waals surface area (Å²) in [6.45, 7) is 2.94. The molecule has 34 N–H and O–H groups in total. The zero-order valence-electron chi connectivity index (χ0n) is 71.4. The van der Waals surface area contributed by atoms with Gasteiger partial charge in [0.05, 0.1) is 79.7 Å². The second-order valence-corrected chi connectivity index (χ2v) is 34.0. The van der Waals surface area contributed by atoms with E-state index in [9.17, 15) is 99.9 Å². The van der Waals surface area contributed by atoms with Crippen LogP contribution in [0.4, 0.5) is 16.3 Å². The molecule has 2 unspecified atom stereocenters. The molecule has 0 bridgehead atoms. The standard InChI is InChI=1S/C80H102N20O31S3/c1-27-51(97-66(99-64(27)84)39(18-48(82)107)90-20-38(81)65(85)116)68(118)98-53(61(40-21-87-26-91-40)127-77-63(57(112)54(109)46(22-101)126-77)128-76-59(114)62(129-78(86)122)55(110)47(23-102)125-76)70(120)92-28(2)43(106)19-49(108)96-52(29(3)103)69(119)100-71(130-75-58(113)56(111)50(83)30(4)123-75)60(115)73-95-42(25-134-73)72-94-41(24-133-72)67(117)88-13-5-6-14-89-79(132)93-31-7-10-35-34(15-31)74(121)131-80(35)36-11-8-32(104)16-44(36)124-45-17-33(105)9-12-37(45)80/h7-12,15-17,21,24-26,28-30,38-39,43,46-47,50,52-63,71,75-77,90,101-106,109-115H,5-6,13-14,18-20,22-23,81,83H2,1-4H3,(H2,82,107)(H2,85,116)(H2,86,122)(H,87,91)(H,88,117)(H,92,120)(H,96,108)(H,98,118)(H,100,119)(H2,84,97,99)(H2,89,93,132)/t28-,29-,30+,38+,39+,43+,46+,47-,50-,52+,53+,54-,55-,56-,57+,58-,59+,60?,61+,62+,63+,71?,75+,76-,77+/m1/s1. The second kappa shape index (κ2) is 43.8. The molecule has 5 aliphatic rings. The first-order valence-corrected chi connectivity index (χ1v) is 43.6. The van der Waals surface area contributed by atoms with Gasteiger partial charge < -0.3 is 191 Å². The largest absolute Gasteiger partial charge is 0.508 e. The summed E-state index contributed by atoms with van der Waals surface area (Å²) in [5.41, 5.74) is 34.0. The zero-order chi connectivity index (χ0) is 97.3. The fourth-order valence-electron chi connectivity index (χ4n) is 15.0. The van der Waals surface area contributed by atoms with Gasteiger partial charge in [-0.25, -0.2) is 34.5 Å². The number of carbonyl (C=O) groups excluding carboxylic acids is 9. The molecule has 25 atom stereocenters. The first-order chi connectivity index (χ1) is 63.6. The lowest BCUT2D eigenvalue weighted by Gasteiger charge is -2.47. The fraction of sp³-hybridized carbons (Fsp3) is 0.487. The number of aromatic amines is 1. The van der Waals surface area contributed by atoms with Gasteiger partial charge in [-0.05, 0) is 89.2 Å². The second-order valence-electron chi connectivity index (χ2n) is 31.9. The number of ether oxygens (including phenoxy) is 9. The molecule has 0 radical (unpaired) electrons. The number of carbonyl (C=O) groups is 9. The number of aliphatic hydroxyl groups is 11. The van der Waals surface area contributed by atoms with E-state index < -0.39 is 262 Å². The first kappa shape index (κ1) is 101. The topological polar surface area (TPSA) is 832 Å². The van der Waals surface area contributed by atoms with Crippen molar-refractivity contribution in [3.8, 4) is 33.7 Å². The summed E-state index contributed by atoms with van der Waals surface area (Å²) >= 11 is 7.38. The van der Waals surface area contributed by atoms with Crippen molar-refractivity contribution in [2.45, 2.75) is 212 Å². The van der Waals surface area contributed by atoms with Gasteiger partial charge in [-0.15, -0.1) is 22.7 Å². The normalized spacial score (nSPS) is 25.0. The molecule has 9 heterocycles. The van der Waals surface area contributed by atoms with Crippen molar-refractivity contribution in [2.75, 3.05) is 43.9 Å². The molecule has 7 aromatic rings. The molecular formula is C80H102N20O31S3. The maximum absolute atomic E-state index is 15.4. The van der Waals surface area contributed by atoms with E-state index in [4.69, 9.17) is 89.3 Å². The highest BCUT2D eigenvalue weighted by Crippen LogP contribution is 2.57. The highest BCUT2D eigenvalue weighted by Gasteiger charge is 2.57. The number of aromatic nitrogens is 6. The minimum Gasteiger partial charge on any atom is -0.508 e. The van der Waals surface area contributed by atoms with E-state index in [0.29, 0.717) is 41.8 Å². The Kier molecular flexibility index (Phi) is 33.1. The number of H-pyrrole nitrogens is 1. The molecule has 5 aliphatic heterocycles. The van der Waals surface area contributed by atoms with Gasteiger partial charge in [-0.2, -0.15) is 0 Å². The van der Waals surface area contributed by atoms with Crippen molar-refractivity contribution >= 4 is 105 Å². The number of hydrogen-bond acceptors (Lipinski definition) is 43. The number of aliphatic hydroxyl groups excluding tert-OH is 11. The van der Waals surface area contributed by atoms with Gasteiger partial charge >= 0.3 is 12.1 Å². The van der Waals surface area contributed by atoms with Crippen LogP contribution in [-0.4, -0.2) is 322 Å². The summed E-state index contributed by atoms with van der Waals surface area (Å²) in [5.74, 6) is -8.92. The fourth-order valence-corrected chi connectivity index (χ4v) is 16.9. The summed E-state index contributed by atoms with van der Waals surface area (Å²) in [6.07, 6.45) is -37.4. The average Bonchev–Trinajstić information content (AvgIpc) is 1.50. The summed E-state index contributed by atoms with van der Waals surface area (Å²) < 4.78 is 52.8. The van der Waals surface area contributed by atoms with Gasteiger partial charge in [0.1, 0.15) is 135 Å². The molecule has 54 heteroatoms. The monoisotopic (exact) mass is 1930 g/mol. The van der Waals surface area contributed by atoms with Crippen LogP contribution in [0.1, 0.15) is 135 Å². The number of hydrogen-bond donors (Lipinski definition) is 28. The number of phenols is 2. The number of phenolic OH excluding ortho intramolecular Hbond substituents is 2. The van der Waals surface area contributed by atoms with E-state index in [2.05, 4.69) is 72.4 Å². The Labute approximate surface area is 772 Å². The molecule has 4 aromatic heterocycles. The third kappa shape index (κ3) is 22.9. The van der Waals surface area contributed by atoms with Crippen molar-refractivity contribution in [3.05, 3.63) is 134 Å². The average molecular weight is 1940 g/mol. The van der Waals surface area contributed by atoms with Crippen LogP contribution in [-0.2, 0) is 67.5 Å². The number of benzene rings is 3. The number of amides is 8. The summed E-state index contributed by atoms with van der Waals surface area (Å²) in [5, 5.41) is 168. The van der Waals surface area contributed by atoms with Crippen LogP contribution in [0.25, 0.3) is 10.7 Å². The SMILES string of the molecule is Cc1c(N)nc([C@H](CC(N)=O)NC[C@H](N)C(N)=O)nc1C(=O)N[C@H](C(=O)N[C@H](C)[C@@H](O)CC(=O)N[C@H](C(=O)NC(O[C@@H]1O[C@@H](C)[C@@H](N)[C@@H](O)[C@H]1O)C(O)c1nc(-c2nc(C(=O)NCCCCNC(=S)Nc3ccc4c(c3)C(=O)OC43c4ccc(O)cc4Oc4cc(O)ccc43)cs2)cs1)[C@@H](C)O)[C@@H](O[C@@H]1O[C@@H](CO)[C@@H](O)[C@H](O)[C@@H]1O[C@H]1O[C@H](CO)[C@@H](O)[C@H](OC(N)=O)[C@@H]1O)c1c[nH]cn1. The minimum atomic E-state index is -2.30. The number of unbranched alkanes of at least 4 members (excludes halogenated alkanes) is 1. The number of thiazole rings is 2. The van der Waals surface area contributed by atoms with Crippen LogP contribution in [0.5, 0.6) is 23.0 Å². The van der Waals surface area contributed by atoms with E-state index in [1.165, 1.54) is 48.9 Å². The van der Waals surface area contributed by atoms with Crippen molar-refractivity contribution < 1.29 is 152 Å². The smallest absolute Gasteiger partial charge is 0.404 e. The van der Waals surface area contributed by atoms with E-state index in [1.54, 1.807) is 30.3 Å². The Balaban J connectivity index is 0.710. The number of aromatic hydroxyl groups is 2. The Morgan fingerprint density at radius 3 is 2.00 bits per heavy atom. The molecule has 726 valence electrons. The van der Waals surface area contributed by atoms with Crippen LogP contribution >= 0.6 is 34.9 Å². The maximum atomic E-state index is 15.4. The molecule has 51 nitrogen and oxygen atoms in total. The maximum Gasteiger partial charge on any atom is 0.404 e. The molecular weight excluding hydrogens is 1830 g/mol. The van der Waals surface area contributed by atoms with Gasteiger partial charge in [0.25, 0.3) is 11.8 Å². The predicted molar refractivity (Wildman–Crippen MR) is 463 cm³/mol. The number of rotatable bonds is 39. The number of nitrogens with one attached hydrogen (secondary N) is 9. The van der Waals surface area contributed by atoms with Crippen molar-refractivity contribution in [1.82, 2.24) is 67.1 Å². The van der Waals surface area contributed by atoms with E-state index in [1.807, 2.05) is 0 Å². The van der Waals surface area contributed by atoms with Crippen LogP contribution in [0, 0.1) is 6.92 Å². The van der Waals surface area contributed by atoms with Crippen molar-refractivity contribution in [3.63, 3.8) is 0 Å².